The van der Waals surface area contributed by atoms with Crippen molar-refractivity contribution in [2.24, 2.45) is 0 Å². The van der Waals surface area contributed by atoms with Gasteiger partial charge in [0, 0.05) is 0 Å². The van der Waals surface area contributed by atoms with Crippen LogP contribution in [-0.4, -0.2) is 42.0 Å². The van der Waals surface area contributed by atoms with Gasteiger partial charge in [-0.15, -0.1) is 0 Å². The van der Waals surface area contributed by atoms with Gasteiger partial charge < -0.3 is 4.79 Å². The van der Waals surface area contributed by atoms with Gasteiger partial charge in [-0.1, -0.05) is 0 Å². The zero-order chi connectivity index (χ0) is 2.00. The van der Waals surface area contributed by atoms with E-state index in [0.29, 0.717) is 0 Å². The van der Waals surface area contributed by atoms with E-state index in [1.54, 1.807) is 0 Å². The van der Waals surface area contributed by atoms with E-state index in [2.05, 4.69) is 0 Å². The first-order chi connectivity index (χ1) is 1.00. The molecule has 0 aromatic rings. The first-order valence-corrected chi connectivity index (χ1v) is 0.289. The van der Waals surface area contributed by atoms with Crippen LogP contribution in [0.5, 0.6) is 0 Å². The van der Waals surface area contributed by atoms with Crippen molar-refractivity contribution >= 4 is 42.0 Å². The minimum absolute atomic E-state index is 0. The molecule has 0 saturated carbocycles. The van der Waals surface area contributed by atoms with Crippen LogP contribution >= 0.6 is 0 Å². The molecule has 1 nitrogen and oxygen atoms in total. The summed E-state index contributed by atoms with van der Waals surface area (Å²) in [4.78, 5) is 8.00. The van der Waals surface area contributed by atoms with Crippen molar-refractivity contribution in [3.8, 4) is 0 Å². The molecule has 0 aliphatic heterocycles. The number of carbonyl (C=O) groups is 1. The molecule has 0 aliphatic rings. The molecule has 0 radical (unpaired) electrons. The van der Waals surface area contributed by atoms with Gasteiger partial charge >= 0.3 is 35.2 Å². The standard InChI is InChI=1S/CH2O.2GeH4/c1-2;;/h1H2;2*1H4. The second-order valence-corrected chi connectivity index (χ2v) is 0. The molecule has 0 aromatic carbocycles. The molecule has 0 atom stereocenters. The monoisotopic (exact) mass is 186 g/mol. The van der Waals surface area contributed by atoms with E-state index < -0.39 is 0 Å². The molecule has 0 heterocycles. The van der Waals surface area contributed by atoms with Gasteiger partial charge in [0.25, 0.3) is 0 Å². The average molecular weight is 183 g/mol. The van der Waals surface area contributed by atoms with Crippen molar-refractivity contribution < 1.29 is 4.79 Å². The van der Waals surface area contributed by atoms with Crippen molar-refractivity contribution in [3.05, 3.63) is 0 Å². The van der Waals surface area contributed by atoms with Crippen LogP contribution in [0, 0.1) is 0 Å². The summed E-state index contributed by atoms with van der Waals surface area (Å²) in [7, 11) is 0. The van der Waals surface area contributed by atoms with E-state index in [4.69, 9.17) is 4.79 Å². The van der Waals surface area contributed by atoms with Gasteiger partial charge in [0.2, 0.25) is 0 Å². The number of carbonyl (C=O) groups excluding carboxylic acids is 1. The van der Waals surface area contributed by atoms with Gasteiger partial charge in [-0.2, -0.15) is 0 Å². The summed E-state index contributed by atoms with van der Waals surface area (Å²) in [5, 5.41) is 0. The number of hydrogen-bond donors (Lipinski definition) is 0. The van der Waals surface area contributed by atoms with Crippen molar-refractivity contribution in [1.29, 1.82) is 0 Å². The fourth-order valence-corrected chi connectivity index (χ4v) is 0. The maximum absolute atomic E-state index is 8.00. The summed E-state index contributed by atoms with van der Waals surface area (Å²) in [5.74, 6) is 0. The van der Waals surface area contributed by atoms with Crippen LogP contribution in [-0.2, 0) is 4.79 Å². The minimum atomic E-state index is 0. The number of hydrogen-bond acceptors (Lipinski definition) is 1. The van der Waals surface area contributed by atoms with Crippen molar-refractivity contribution in [2.45, 2.75) is 0 Å². The molecule has 4 heavy (non-hydrogen) atoms. The van der Waals surface area contributed by atoms with Crippen LogP contribution in [0.2, 0.25) is 0 Å². The van der Waals surface area contributed by atoms with Crippen molar-refractivity contribution in [2.75, 3.05) is 0 Å². The van der Waals surface area contributed by atoms with E-state index in [1.165, 1.54) is 0 Å². The van der Waals surface area contributed by atoms with Crippen LogP contribution in [0.25, 0.3) is 0 Å². The summed E-state index contributed by atoms with van der Waals surface area (Å²) < 4.78 is 0. The Bertz CT molecular complexity index is 6.00. The Morgan fingerprint density at radius 2 is 1.00 bits per heavy atom. The molecule has 28 valence electrons. The first kappa shape index (κ1) is 21.8. The third-order valence-corrected chi connectivity index (χ3v) is 0. The van der Waals surface area contributed by atoms with Gasteiger partial charge in [-0.3, -0.25) is 0 Å². The van der Waals surface area contributed by atoms with Crippen molar-refractivity contribution in [3.63, 3.8) is 0 Å². The van der Waals surface area contributed by atoms with E-state index >= 15 is 0 Å². The molecular weight excluding hydrogens is 173 g/mol. The van der Waals surface area contributed by atoms with Crippen LogP contribution in [0.15, 0.2) is 0 Å². The van der Waals surface area contributed by atoms with Crippen LogP contribution in [0.3, 0.4) is 0 Å². The molecule has 0 rings (SSSR count). The molecule has 0 aliphatic carbocycles. The van der Waals surface area contributed by atoms with Crippen LogP contribution in [0.1, 0.15) is 0 Å². The number of rotatable bonds is 0. The third kappa shape index (κ3) is 14.9. The van der Waals surface area contributed by atoms with Gasteiger partial charge in [0.1, 0.15) is 6.79 Å². The Kier molecular flexibility index (Phi) is 272. The normalized spacial score (nSPS) is 1.00. The van der Waals surface area contributed by atoms with Gasteiger partial charge in [0.05, 0.1) is 0 Å². The van der Waals surface area contributed by atoms with E-state index in [-0.39, 0.29) is 35.2 Å². The summed E-state index contributed by atoms with van der Waals surface area (Å²) in [5.41, 5.74) is 0. The van der Waals surface area contributed by atoms with E-state index in [0.717, 1.165) is 0 Å². The Balaban J connectivity index is -0.00000000500. The van der Waals surface area contributed by atoms with Crippen LogP contribution < -0.4 is 0 Å². The topological polar surface area (TPSA) is 17.1 Å². The second kappa shape index (κ2) is 49.9. The Morgan fingerprint density at radius 3 is 1.00 bits per heavy atom. The summed E-state index contributed by atoms with van der Waals surface area (Å²) in [6.45, 7) is 2.00. The molecular formula is CH10Ge2O. The second-order valence-electron chi connectivity index (χ2n) is 0. The van der Waals surface area contributed by atoms with Gasteiger partial charge in [-0.05, 0) is 0 Å². The maximum atomic E-state index is 8.00. The summed E-state index contributed by atoms with van der Waals surface area (Å²) >= 11 is 0. The first-order valence-electron chi connectivity index (χ1n) is 0.289. The molecule has 0 fully saturated rings. The SMILES string of the molecule is C=O.[GeH4].[GeH4]. The third-order valence-electron chi connectivity index (χ3n) is 0. The fourth-order valence-electron chi connectivity index (χ4n) is 0. The quantitative estimate of drug-likeness (QED) is 0.364. The Morgan fingerprint density at radius 1 is 1.00 bits per heavy atom. The molecule has 0 aromatic heterocycles. The van der Waals surface area contributed by atoms with E-state index in [1.807, 2.05) is 6.79 Å². The predicted octanol–water partition coefficient (Wildman–Crippen LogP) is -3.09. The predicted molar refractivity (Wildman–Crippen MR) is 29.8 cm³/mol. The van der Waals surface area contributed by atoms with E-state index in [9.17, 15) is 0 Å². The van der Waals surface area contributed by atoms with Gasteiger partial charge in [-0.25, -0.2) is 0 Å². The van der Waals surface area contributed by atoms with Gasteiger partial charge in [0.15, 0.2) is 0 Å². The Labute approximate surface area is 47.1 Å². The average Bonchev–Trinajstić information content (AvgIpc) is 1.00. The van der Waals surface area contributed by atoms with Crippen molar-refractivity contribution in [1.82, 2.24) is 0 Å². The molecule has 0 unspecified atom stereocenters. The summed E-state index contributed by atoms with van der Waals surface area (Å²) in [6, 6.07) is 0. The fraction of sp³-hybridized carbons (Fsp3) is 0. The molecule has 0 N–H and O–H groups in total. The summed E-state index contributed by atoms with van der Waals surface area (Å²) in [6.07, 6.45) is 0. The molecule has 0 saturated heterocycles. The zero-order valence-electron chi connectivity index (χ0n) is 1.12. The Hall–Kier alpha value is 0.756. The molecule has 0 amide bonds. The van der Waals surface area contributed by atoms with Crippen LogP contribution in [0.4, 0.5) is 0 Å². The molecule has 0 bridgehead atoms. The molecule has 0 spiro atoms. The zero-order valence-corrected chi connectivity index (χ0v) is 1.12. The molecule has 3 heteroatoms.